The molecule has 0 aliphatic carbocycles. The van der Waals surface area contributed by atoms with Gasteiger partial charge in [-0.05, 0) is 29.7 Å². The first-order valence-corrected chi connectivity index (χ1v) is 5.09. The average Bonchev–Trinajstić information content (AvgIpc) is 2.38. The van der Waals surface area contributed by atoms with Gasteiger partial charge >= 0.3 is 0 Å². The third-order valence-electron chi connectivity index (χ3n) is 2.29. The molecule has 2 rings (SSSR count). The second-order valence-corrected chi connectivity index (χ2v) is 4.08. The summed E-state index contributed by atoms with van der Waals surface area (Å²) in [7, 11) is 0. The van der Waals surface area contributed by atoms with Crippen LogP contribution in [0.4, 0.5) is 5.69 Å². The van der Waals surface area contributed by atoms with Crippen molar-refractivity contribution in [2.45, 2.75) is 19.8 Å². The molecule has 1 atom stereocenters. The van der Waals surface area contributed by atoms with Crippen LogP contribution >= 0.6 is 11.3 Å². The van der Waals surface area contributed by atoms with Crippen molar-refractivity contribution in [3.05, 3.63) is 16.3 Å². The zero-order valence-electron chi connectivity index (χ0n) is 6.76. The number of rotatable bonds is 0. The molecule has 2 heterocycles. The molecule has 0 spiro atoms. The number of aryl methyl sites for hydroxylation is 1. The van der Waals surface area contributed by atoms with Crippen LogP contribution in [-0.4, -0.2) is 6.54 Å². The first kappa shape index (κ1) is 7.17. The quantitative estimate of drug-likeness (QED) is 0.626. The summed E-state index contributed by atoms with van der Waals surface area (Å²) in [4.78, 5) is 0. The fourth-order valence-corrected chi connectivity index (χ4v) is 2.31. The van der Waals surface area contributed by atoms with Crippen LogP contribution in [0.2, 0.25) is 0 Å². The molecule has 1 aromatic heterocycles. The molecular weight excluding hydrogens is 154 g/mol. The van der Waals surface area contributed by atoms with Crippen molar-refractivity contribution >= 4 is 17.0 Å². The number of nitrogens with one attached hydrogen (secondary N) is 1. The maximum atomic E-state index is 3.47. The van der Waals surface area contributed by atoms with Gasteiger partial charge in [0.2, 0.25) is 0 Å². The second kappa shape index (κ2) is 2.86. The molecule has 11 heavy (non-hydrogen) atoms. The maximum absolute atomic E-state index is 3.47. The monoisotopic (exact) mass is 167 g/mol. The number of thiophene rings is 1. The van der Waals surface area contributed by atoms with Gasteiger partial charge in [-0.2, -0.15) is 0 Å². The molecule has 2 heteroatoms. The lowest BCUT2D eigenvalue weighted by atomic mass is 10.1. The van der Waals surface area contributed by atoms with Gasteiger partial charge in [-0.1, -0.05) is 6.92 Å². The van der Waals surface area contributed by atoms with Gasteiger partial charge in [0.25, 0.3) is 0 Å². The van der Waals surface area contributed by atoms with Gasteiger partial charge in [-0.25, -0.2) is 0 Å². The van der Waals surface area contributed by atoms with Gasteiger partial charge in [0.05, 0.1) is 0 Å². The van der Waals surface area contributed by atoms with Gasteiger partial charge < -0.3 is 5.32 Å². The highest BCUT2D eigenvalue weighted by molar-refractivity contribution is 7.08. The van der Waals surface area contributed by atoms with E-state index in [1.165, 1.54) is 24.1 Å². The second-order valence-electron chi connectivity index (χ2n) is 3.34. The van der Waals surface area contributed by atoms with Crippen LogP contribution in [0, 0.1) is 5.92 Å². The van der Waals surface area contributed by atoms with E-state index in [1.54, 1.807) is 11.3 Å². The van der Waals surface area contributed by atoms with E-state index < -0.39 is 0 Å². The van der Waals surface area contributed by atoms with Crippen LogP contribution in [0.3, 0.4) is 0 Å². The predicted octanol–water partition coefficient (Wildman–Crippen LogP) is 2.74. The lowest BCUT2D eigenvalue weighted by molar-refractivity contribution is 0.571. The molecule has 0 saturated carbocycles. The summed E-state index contributed by atoms with van der Waals surface area (Å²) in [5.74, 6) is 0.826. The van der Waals surface area contributed by atoms with E-state index >= 15 is 0 Å². The Morgan fingerprint density at radius 2 is 2.45 bits per heavy atom. The summed E-state index contributed by atoms with van der Waals surface area (Å²) in [6.45, 7) is 3.45. The molecule has 1 aliphatic heterocycles. The van der Waals surface area contributed by atoms with E-state index in [1.807, 2.05) is 0 Å². The van der Waals surface area contributed by atoms with Gasteiger partial charge in [0, 0.05) is 17.6 Å². The Kier molecular flexibility index (Phi) is 1.86. The number of anilines is 1. The average molecular weight is 167 g/mol. The molecular formula is C9H13NS. The fraction of sp³-hybridized carbons (Fsp3) is 0.556. The zero-order valence-corrected chi connectivity index (χ0v) is 7.58. The lowest BCUT2D eigenvalue weighted by Gasteiger charge is -2.06. The van der Waals surface area contributed by atoms with Crippen molar-refractivity contribution in [1.82, 2.24) is 0 Å². The summed E-state index contributed by atoms with van der Waals surface area (Å²) in [5, 5.41) is 7.95. The lowest BCUT2D eigenvalue weighted by Crippen LogP contribution is -2.07. The summed E-state index contributed by atoms with van der Waals surface area (Å²) in [5.41, 5.74) is 2.89. The largest absolute Gasteiger partial charge is 0.384 e. The minimum absolute atomic E-state index is 0.826. The molecule has 0 radical (unpaired) electrons. The Bertz CT molecular complexity index is 219. The highest BCUT2D eigenvalue weighted by Crippen LogP contribution is 2.26. The van der Waals surface area contributed by atoms with Crippen molar-refractivity contribution in [1.29, 1.82) is 0 Å². The number of hydrogen-bond acceptors (Lipinski definition) is 2. The molecule has 1 aliphatic rings. The van der Waals surface area contributed by atoms with Crippen molar-refractivity contribution in [2.24, 2.45) is 5.92 Å². The van der Waals surface area contributed by atoms with E-state index in [0.29, 0.717) is 0 Å². The third-order valence-corrected chi connectivity index (χ3v) is 3.08. The summed E-state index contributed by atoms with van der Waals surface area (Å²) < 4.78 is 0. The molecule has 0 amide bonds. The Morgan fingerprint density at radius 1 is 1.55 bits per heavy atom. The molecule has 1 unspecified atom stereocenters. The van der Waals surface area contributed by atoms with Crippen LogP contribution in [-0.2, 0) is 6.42 Å². The first-order chi connectivity index (χ1) is 5.36. The highest BCUT2D eigenvalue weighted by atomic mass is 32.1. The molecule has 0 aromatic carbocycles. The van der Waals surface area contributed by atoms with Crippen molar-refractivity contribution < 1.29 is 0 Å². The summed E-state index contributed by atoms with van der Waals surface area (Å²) in [6, 6.07) is 0. The maximum Gasteiger partial charge on any atom is 0.0481 e. The van der Waals surface area contributed by atoms with Gasteiger partial charge in [-0.15, -0.1) is 11.3 Å². The Hall–Kier alpha value is -0.500. The fourth-order valence-electron chi connectivity index (χ4n) is 1.46. The van der Waals surface area contributed by atoms with Crippen molar-refractivity contribution in [3.63, 3.8) is 0 Å². The highest BCUT2D eigenvalue weighted by Gasteiger charge is 2.11. The van der Waals surface area contributed by atoms with Crippen LogP contribution in [0.25, 0.3) is 0 Å². The molecule has 0 fully saturated rings. The Balaban J connectivity index is 2.20. The summed E-state index contributed by atoms with van der Waals surface area (Å²) in [6.07, 6.45) is 2.59. The van der Waals surface area contributed by atoms with E-state index in [4.69, 9.17) is 0 Å². The minimum Gasteiger partial charge on any atom is -0.384 e. The number of hydrogen-bond donors (Lipinski definition) is 1. The molecule has 0 bridgehead atoms. The predicted molar refractivity (Wildman–Crippen MR) is 50.3 cm³/mol. The minimum atomic E-state index is 0.826. The topological polar surface area (TPSA) is 12.0 Å². The van der Waals surface area contributed by atoms with E-state index in [2.05, 4.69) is 23.0 Å². The van der Waals surface area contributed by atoms with Gasteiger partial charge in [0.1, 0.15) is 0 Å². The van der Waals surface area contributed by atoms with E-state index in [9.17, 15) is 0 Å². The molecule has 0 saturated heterocycles. The van der Waals surface area contributed by atoms with E-state index in [-0.39, 0.29) is 0 Å². The molecule has 1 aromatic rings. The molecule has 1 nitrogen and oxygen atoms in total. The van der Waals surface area contributed by atoms with Crippen LogP contribution in [0.1, 0.15) is 18.9 Å². The Labute approximate surface area is 71.4 Å². The van der Waals surface area contributed by atoms with Crippen molar-refractivity contribution in [3.8, 4) is 0 Å². The van der Waals surface area contributed by atoms with Crippen LogP contribution in [0.5, 0.6) is 0 Å². The SMILES string of the molecule is CC1CCc2cscc2NC1. The number of fused-ring (bicyclic) bond motifs is 1. The smallest absolute Gasteiger partial charge is 0.0481 e. The van der Waals surface area contributed by atoms with Gasteiger partial charge in [-0.3, -0.25) is 0 Å². The normalized spacial score (nSPS) is 23.5. The zero-order chi connectivity index (χ0) is 7.68. The third kappa shape index (κ3) is 1.41. The van der Waals surface area contributed by atoms with Gasteiger partial charge in [0.15, 0.2) is 0 Å². The van der Waals surface area contributed by atoms with Crippen LogP contribution < -0.4 is 5.32 Å². The molecule has 60 valence electrons. The van der Waals surface area contributed by atoms with Crippen molar-refractivity contribution in [2.75, 3.05) is 11.9 Å². The Morgan fingerprint density at radius 3 is 3.36 bits per heavy atom. The first-order valence-electron chi connectivity index (χ1n) is 4.15. The summed E-state index contributed by atoms with van der Waals surface area (Å²) >= 11 is 1.80. The molecule has 1 N–H and O–H groups in total. The van der Waals surface area contributed by atoms with E-state index in [0.717, 1.165) is 12.5 Å². The standard InChI is InChI=1S/C9H13NS/c1-7-2-3-8-5-11-6-9(8)10-4-7/h5-7,10H,2-4H2,1H3. The van der Waals surface area contributed by atoms with Crippen LogP contribution in [0.15, 0.2) is 10.8 Å².